The smallest absolute Gasteiger partial charge is 0.303 e. The summed E-state index contributed by atoms with van der Waals surface area (Å²) in [6.07, 6.45) is -0.699. The lowest BCUT2D eigenvalue weighted by Crippen LogP contribution is -2.33. The number of ether oxygens (including phenoxy) is 2. The summed E-state index contributed by atoms with van der Waals surface area (Å²) >= 11 is 11.2. The number of rotatable bonds is 5. The van der Waals surface area contributed by atoms with Crippen molar-refractivity contribution in [3.63, 3.8) is 0 Å². The summed E-state index contributed by atoms with van der Waals surface area (Å²) in [5.41, 5.74) is 0. The molecule has 6 heteroatoms. The second-order valence-corrected chi connectivity index (χ2v) is 3.49. The van der Waals surface area contributed by atoms with Crippen molar-refractivity contribution < 1.29 is 19.1 Å². The van der Waals surface area contributed by atoms with E-state index in [4.69, 9.17) is 27.9 Å². The zero-order valence-corrected chi connectivity index (χ0v) is 9.47. The first kappa shape index (κ1) is 13.5. The first-order valence-electron chi connectivity index (χ1n) is 3.98. The maximum atomic E-state index is 10.7. The van der Waals surface area contributed by atoms with Crippen molar-refractivity contribution in [1.82, 2.24) is 0 Å². The maximum Gasteiger partial charge on any atom is 0.303 e. The Morgan fingerprint density at radius 3 is 2.21 bits per heavy atom. The zero-order valence-electron chi connectivity index (χ0n) is 7.96. The third kappa shape index (κ3) is 6.05. The van der Waals surface area contributed by atoms with Crippen LogP contribution in [-0.4, -0.2) is 35.9 Å². The van der Waals surface area contributed by atoms with Crippen LogP contribution in [0.3, 0.4) is 0 Å². The standard InChI is InChI=1S/C8H12Cl2O4/c1-5(11)13-4-8(7(10)3-9)14-6(2)12/h7-8H,3-4H2,1-2H3/t7-,8+/m1/s1. The molecule has 0 aliphatic rings. The quantitative estimate of drug-likeness (QED) is 0.540. The molecule has 0 rings (SSSR count). The van der Waals surface area contributed by atoms with Crippen molar-refractivity contribution in [1.29, 1.82) is 0 Å². The molecule has 4 nitrogen and oxygen atoms in total. The molecule has 2 atom stereocenters. The third-order valence-electron chi connectivity index (χ3n) is 1.32. The molecular weight excluding hydrogens is 231 g/mol. The molecule has 0 aromatic heterocycles. The predicted molar refractivity (Wildman–Crippen MR) is 52.5 cm³/mol. The van der Waals surface area contributed by atoms with E-state index in [2.05, 4.69) is 4.74 Å². The van der Waals surface area contributed by atoms with Crippen molar-refractivity contribution in [3.05, 3.63) is 0 Å². The van der Waals surface area contributed by atoms with Gasteiger partial charge in [-0.3, -0.25) is 9.59 Å². The van der Waals surface area contributed by atoms with Crippen LogP contribution in [-0.2, 0) is 19.1 Å². The van der Waals surface area contributed by atoms with E-state index in [0.717, 1.165) is 0 Å². The Kier molecular flexibility index (Phi) is 6.66. The van der Waals surface area contributed by atoms with Crippen LogP contribution in [0, 0.1) is 0 Å². The number of carbonyl (C=O) groups excluding carboxylic acids is 2. The molecule has 0 N–H and O–H groups in total. The van der Waals surface area contributed by atoms with Crippen LogP contribution in [0.1, 0.15) is 13.8 Å². The largest absolute Gasteiger partial charge is 0.462 e. The Bertz CT molecular complexity index is 208. The minimum Gasteiger partial charge on any atom is -0.462 e. The number of esters is 2. The maximum absolute atomic E-state index is 10.7. The van der Waals surface area contributed by atoms with Gasteiger partial charge in [0.25, 0.3) is 0 Å². The van der Waals surface area contributed by atoms with Gasteiger partial charge in [0.05, 0.1) is 5.38 Å². The Hall–Kier alpha value is -0.480. The van der Waals surface area contributed by atoms with E-state index >= 15 is 0 Å². The second kappa shape index (κ2) is 6.90. The van der Waals surface area contributed by atoms with E-state index in [-0.39, 0.29) is 12.5 Å². The number of halogens is 2. The molecule has 0 fully saturated rings. The molecule has 0 aliphatic heterocycles. The monoisotopic (exact) mass is 242 g/mol. The summed E-state index contributed by atoms with van der Waals surface area (Å²) in [6.45, 7) is 2.43. The van der Waals surface area contributed by atoms with Crippen LogP contribution >= 0.6 is 23.2 Å². The topological polar surface area (TPSA) is 52.6 Å². The van der Waals surface area contributed by atoms with Crippen LogP contribution in [0.2, 0.25) is 0 Å². The van der Waals surface area contributed by atoms with Crippen molar-refractivity contribution in [2.45, 2.75) is 25.3 Å². The number of alkyl halides is 2. The molecule has 0 radical (unpaired) electrons. The lowest BCUT2D eigenvalue weighted by Gasteiger charge is -2.19. The Balaban J connectivity index is 4.09. The molecule has 0 saturated carbocycles. The first-order chi connectivity index (χ1) is 6.47. The van der Waals surface area contributed by atoms with Crippen LogP contribution < -0.4 is 0 Å². The minimum absolute atomic E-state index is 0.0736. The van der Waals surface area contributed by atoms with Gasteiger partial charge >= 0.3 is 11.9 Å². The van der Waals surface area contributed by atoms with Gasteiger partial charge in [-0.25, -0.2) is 0 Å². The number of hydrogen-bond acceptors (Lipinski definition) is 4. The number of carbonyl (C=O) groups is 2. The van der Waals surface area contributed by atoms with Gasteiger partial charge in [0.2, 0.25) is 0 Å². The van der Waals surface area contributed by atoms with Crippen molar-refractivity contribution in [2.24, 2.45) is 0 Å². The van der Waals surface area contributed by atoms with Gasteiger partial charge in [0.15, 0.2) is 6.10 Å². The van der Waals surface area contributed by atoms with Gasteiger partial charge in [-0.1, -0.05) is 0 Å². The predicted octanol–water partition coefficient (Wildman–Crippen LogP) is 1.33. The summed E-state index contributed by atoms with van der Waals surface area (Å²) in [5, 5.41) is -0.570. The van der Waals surface area contributed by atoms with Gasteiger partial charge in [0, 0.05) is 19.7 Å². The van der Waals surface area contributed by atoms with E-state index in [1.165, 1.54) is 13.8 Å². The van der Waals surface area contributed by atoms with Crippen LogP contribution in [0.15, 0.2) is 0 Å². The normalized spacial score (nSPS) is 14.3. The highest BCUT2D eigenvalue weighted by molar-refractivity contribution is 6.28. The molecular formula is C8H12Cl2O4. The summed E-state index contributed by atoms with van der Waals surface area (Å²) in [6, 6.07) is 0. The molecule has 14 heavy (non-hydrogen) atoms. The molecule has 0 aliphatic carbocycles. The highest BCUT2D eigenvalue weighted by Gasteiger charge is 2.22. The van der Waals surface area contributed by atoms with Crippen molar-refractivity contribution in [3.8, 4) is 0 Å². The second-order valence-electron chi connectivity index (χ2n) is 2.62. The molecule has 82 valence electrons. The highest BCUT2D eigenvalue weighted by Crippen LogP contribution is 2.10. The van der Waals surface area contributed by atoms with Crippen molar-refractivity contribution in [2.75, 3.05) is 12.5 Å². The summed E-state index contributed by atoms with van der Waals surface area (Å²) in [7, 11) is 0. The van der Waals surface area contributed by atoms with Crippen LogP contribution in [0.4, 0.5) is 0 Å². The molecule has 0 bridgehead atoms. The van der Waals surface area contributed by atoms with Crippen LogP contribution in [0.25, 0.3) is 0 Å². The Morgan fingerprint density at radius 2 is 1.86 bits per heavy atom. The molecule has 0 amide bonds. The summed E-state index contributed by atoms with van der Waals surface area (Å²) in [5.74, 6) is -0.834. The van der Waals surface area contributed by atoms with E-state index in [1.54, 1.807) is 0 Å². The molecule has 0 aromatic carbocycles. The highest BCUT2D eigenvalue weighted by atomic mass is 35.5. The fourth-order valence-corrected chi connectivity index (χ4v) is 1.05. The van der Waals surface area contributed by atoms with Gasteiger partial charge in [0.1, 0.15) is 6.61 Å². The Morgan fingerprint density at radius 1 is 1.29 bits per heavy atom. The molecule has 0 heterocycles. The lowest BCUT2D eigenvalue weighted by atomic mass is 10.3. The third-order valence-corrected chi connectivity index (χ3v) is 2.24. The van der Waals surface area contributed by atoms with E-state index in [9.17, 15) is 9.59 Å². The molecule has 0 unspecified atom stereocenters. The fraction of sp³-hybridized carbons (Fsp3) is 0.750. The molecule has 0 saturated heterocycles. The van der Waals surface area contributed by atoms with Gasteiger partial charge in [-0.05, 0) is 0 Å². The SMILES string of the molecule is CC(=O)OC[C@H](OC(C)=O)[C@H](Cl)CCl. The Labute approximate surface area is 92.5 Å². The molecule has 0 spiro atoms. The zero-order chi connectivity index (χ0) is 11.1. The van der Waals surface area contributed by atoms with E-state index in [0.29, 0.717) is 0 Å². The van der Waals surface area contributed by atoms with E-state index < -0.39 is 23.4 Å². The van der Waals surface area contributed by atoms with E-state index in [1.807, 2.05) is 0 Å². The number of hydrogen-bond donors (Lipinski definition) is 0. The van der Waals surface area contributed by atoms with Crippen LogP contribution in [0.5, 0.6) is 0 Å². The van der Waals surface area contributed by atoms with Gasteiger partial charge in [-0.15, -0.1) is 23.2 Å². The fourth-order valence-electron chi connectivity index (χ4n) is 0.724. The van der Waals surface area contributed by atoms with Gasteiger partial charge < -0.3 is 9.47 Å². The van der Waals surface area contributed by atoms with Crippen molar-refractivity contribution >= 4 is 35.1 Å². The first-order valence-corrected chi connectivity index (χ1v) is 4.95. The van der Waals surface area contributed by atoms with Gasteiger partial charge in [-0.2, -0.15) is 0 Å². The summed E-state index contributed by atoms with van der Waals surface area (Å²) < 4.78 is 9.49. The molecule has 0 aromatic rings. The lowest BCUT2D eigenvalue weighted by molar-refractivity contribution is -0.156. The average Bonchev–Trinajstić information content (AvgIpc) is 2.10. The average molecular weight is 243 g/mol. The minimum atomic E-state index is -0.699. The summed E-state index contributed by atoms with van der Waals surface area (Å²) in [4.78, 5) is 21.2.